The molecule has 1 aliphatic rings. The predicted molar refractivity (Wildman–Crippen MR) is 62.3 cm³/mol. The highest BCUT2D eigenvalue weighted by atomic mass is 16.5. The van der Waals surface area contributed by atoms with Crippen LogP contribution in [-0.2, 0) is 6.54 Å². The summed E-state index contributed by atoms with van der Waals surface area (Å²) >= 11 is 0. The van der Waals surface area contributed by atoms with Crippen LogP contribution in [0.5, 0.6) is 5.75 Å². The lowest BCUT2D eigenvalue weighted by Crippen LogP contribution is -2.46. The smallest absolute Gasteiger partial charge is 0.191 e. The van der Waals surface area contributed by atoms with E-state index in [2.05, 4.69) is 14.9 Å². The van der Waals surface area contributed by atoms with E-state index in [1.54, 1.807) is 19.5 Å². The zero-order valence-electron chi connectivity index (χ0n) is 9.39. The highest BCUT2D eigenvalue weighted by molar-refractivity contribution is 5.78. The summed E-state index contributed by atoms with van der Waals surface area (Å²) in [6.07, 6.45) is 4.66. The molecule has 0 bridgehead atoms. The van der Waals surface area contributed by atoms with Gasteiger partial charge in [0.15, 0.2) is 5.96 Å². The average Bonchev–Trinajstić information content (AvgIpc) is 2.24. The van der Waals surface area contributed by atoms with Gasteiger partial charge in [-0.1, -0.05) is 0 Å². The van der Waals surface area contributed by atoms with Crippen molar-refractivity contribution in [2.75, 3.05) is 20.2 Å². The molecule has 1 aliphatic heterocycles. The molecule has 2 rings (SSSR count). The number of hydrogen-bond donors (Lipinski definition) is 1. The minimum absolute atomic E-state index is 0.513. The molecular formula is C11H16N4O. The summed E-state index contributed by atoms with van der Waals surface area (Å²) in [5.74, 6) is 1.41. The van der Waals surface area contributed by atoms with Crippen molar-refractivity contribution in [2.24, 2.45) is 10.7 Å². The maximum absolute atomic E-state index is 5.83. The normalized spacial score (nSPS) is 15.8. The van der Waals surface area contributed by atoms with Gasteiger partial charge >= 0.3 is 0 Å². The fourth-order valence-corrected chi connectivity index (χ4v) is 1.54. The standard InChI is InChI=1S/C11H16N4O/c1-16-10-3-4-13-7-9(10)8-14-11(12)15-5-2-6-15/h3-4,7H,2,5-6,8H2,1H3,(H2,12,14). The minimum atomic E-state index is 0.513. The van der Waals surface area contributed by atoms with Crippen LogP contribution in [0.1, 0.15) is 12.0 Å². The number of nitrogens with two attached hydrogens (primary N) is 1. The molecule has 0 amide bonds. The quantitative estimate of drug-likeness (QED) is 0.599. The van der Waals surface area contributed by atoms with Gasteiger partial charge in [0.2, 0.25) is 0 Å². The summed E-state index contributed by atoms with van der Waals surface area (Å²) in [6.45, 7) is 2.54. The molecule has 0 radical (unpaired) electrons. The van der Waals surface area contributed by atoms with Gasteiger partial charge in [-0.3, -0.25) is 4.98 Å². The topological polar surface area (TPSA) is 63.7 Å². The maximum Gasteiger partial charge on any atom is 0.191 e. The van der Waals surface area contributed by atoms with E-state index in [1.807, 2.05) is 6.07 Å². The van der Waals surface area contributed by atoms with E-state index < -0.39 is 0 Å². The van der Waals surface area contributed by atoms with E-state index in [1.165, 1.54) is 6.42 Å². The molecule has 5 heteroatoms. The van der Waals surface area contributed by atoms with Crippen molar-refractivity contribution < 1.29 is 4.74 Å². The zero-order chi connectivity index (χ0) is 11.4. The monoisotopic (exact) mass is 220 g/mol. The molecule has 16 heavy (non-hydrogen) atoms. The molecule has 0 spiro atoms. The molecule has 0 aliphatic carbocycles. The number of guanidine groups is 1. The van der Waals surface area contributed by atoms with Gasteiger partial charge in [0.05, 0.1) is 13.7 Å². The number of rotatable bonds is 3. The fraction of sp³-hybridized carbons (Fsp3) is 0.455. The second kappa shape index (κ2) is 4.83. The Bertz CT molecular complexity index is 387. The molecule has 0 saturated carbocycles. The number of aliphatic imine (C=N–C) groups is 1. The Morgan fingerprint density at radius 2 is 2.44 bits per heavy atom. The van der Waals surface area contributed by atoms with Gasteiger partial charge in [-0.15, -0.1) is 0 Å². The van der Waals surface area contributed by atoms with Crippen LogP contribution in [0.4, 0.5) is 0 Å². The first-order valence-corrected chi connectivity index (χ1v) is 5.33. The first-order chi connectivity index (χ1) is 7.81. The third-order valence-electron chi connectivity index (χ3n) is 2.67. The second-order valence-corrected chi connectivity index (χ2v) is 3.70. The van der Waals surface area contributed by atoms with E-state index >= 15 is 0 Å². The minimum Gasteiger partial charge on any atom is -0.496 e. The van der Waals surface area contributed by atoms with Crippen LogP contribution < -0.4 is 10.5 Å². The Morgan fingerprint density at radius 1 is 1.62 bits per heavy atom. The van der Waals surface area contributed by atoms with Crippen molar-refractivity contribution in [3.8, 4) is 5.75 Å². The third-order valence-corrected chi connectivity index (χ3v) is 2.67. The van der Waals surface area contributed by atoms with Crippen molar-refractivity contribution >= 4 is 5.96 Å². The Labute approximate surface area is 94.9 Å². The van der Waals surface area contributed by atoms with Gasteiger partial charge in [-0.25, -0.2) is 4.99 Å². The molecule has 1 aromatic heterocycles. The Kier molecular flexibility index (Phi) is 3.24. The molecule has 1 fully saturated rings. The largest absolute Gasteiger partial charge is 0.496 e. The highest BCUT2D eigenvalue weighted by Crippen LogP contribution is 2.16. The first-order valence-electron chi connectivity index (χ1n) is 5.33. The molecule has 86 valence electrons. The van der Waals surface area contributed by atoms with Crippen LogP contribution >= 0.6 is 0 Å². The Hall–Kier alpha value is -1.78. The molecule has 2 N–H and O–H groups in total. The van der Waals surface area contributed by atoms with E-state index in [0.29, 0.717) is 12.5 Å². The van der Waals surface area contributed by atoms with Gasteiger partial charge in [-0.05, 0) is 12.5 Å². The van der Waals surface area contributed by atoms with Crippen molar-refractivity contribution in [2.45, 2.75) is 13.0 Å². The van der Waals surface area contributed by atoms with Crippen LogP contribution in [0.3, 0.4) is 0 Å². The van der Waals surface area contributed by atoms with E-state index in [9.17, 15) is 0 Å². The molecule has 2 heterocycles. The SMILES string of the molecule is COc1ccncc1CN=C(N)N1CCC1. The van der Waals surface area contributed by atoms with E-state index in [-0.39, 0.29) is 0 Å². The highest BCUT2D eigenvalue weighted by Gasteiger charge is 2.15. The predicted octanol–water partition coefficient (Wildman–Crippen LogP) is 0.611. The first kappa shape index (κ1) is 10.7. The lowest BCUT2D eigenvalue weighted by molar-refractivity contribution is 0.295. The van der Waals surface area contributed by atoms with Gasteiger partial charge < -0.3 is 15.4 Å². The van der Waals surface area contributed by atoms with Crippen molar-refractivity contribution in [1.82, 2.24) is 9.88 Å². The summed E-state index contributed by atoms with van der Waals surface area (Å²) in [4.78, 5) is 10.4. The molecule has 5 nitrogen and oxygen atoms in total. The van der Waals surface area contributed by atoms with Crippen LogP contribution in [-0.4, -0.2) is 36.0 Å². The Morgan fingerprint density at radius 3 is 3.06 bits per heavy atom. The lowest BCUT2D eigenvalue weighted by Gasteiger charge is -2.31. The summed E-state index contributed by atoms with van der Waals surface area (Å²) in [5.41, 5.74) is 6.79. The number of aromatic nitrogens is 1. The molecule has 0 atom stereocenters. The summed E-state index contributed by atoms with van der Waals surface area (Å²) in [6, 6.07) is 1.82. The molecule has 0 unspecified atom stereocenters. The number of pyridine rings is 1. The molecule has 1 saturated heterocycles. The second-order valence-electron chi connectivity index (χ2n) is 3.70. The van der Waals surface area contributed by atoms with Crippen molar-refractivity contribution in [1.29, 1.82) is 0 Å². The van der Waals surface area contributed by atoms with E-state index in [0.717, 1.165) is 24.4 Å². The fourth-order valence-electron chi connectivity index (χ4n) is 1.54. The van der Waals surface area contributed by atoms with Crippen LogP contribution in [0.15, 0.2) is 23.5 Å². The third kappa shape index (κ3) is 2.24. The van der Waals surface area contributed by atoms with Gasteiger partial charge in [0.1, 0.15) is 5.75 Å². The number of methoxy groups -OCH3 is 1. The van der Waals surface area contributed by atoms with Gasteiger partial charge in [-0.2, -0.15) is 0 Å². The van der Waals surface area contributed by atoms with Gasteiger partial charge in [0, 0.05) is 31.0 Å². The number of likely N-dealkylation sites (tertiary alicyclic amines) is 1. The summed E-state index contributed by atoms with van der Waals surface area (Å²) < 4.78 is 5.21. The number of hydrogen-bond acceptors (Lipinski definition) is 3. The van der Waals surface area contributed by atoms with Gasteiger partial charge in [0.25, 0.3) is 0 Å². The van der Waals surface area contributed by atoms with Crippen LogP contribution in [0.25, 0.3) is 0 Å². The Balaban J connectivity index is 2.02. The molecular weight excluding hydrogens is 204 g/mol. The van der Waals surface area contributed by atoms with Crippen molar-refractivity contribution in [3.05, 3.63) is 24.0 Å². The number of nitrogens with zero attached hydrogens (tertiary/aromatic N) is 3. The number of ether oxygens (including phenoxy) is 1. The van der Waals surface area contributed by atoms with E-state index in [4.69, 9.17) is 10.5 Å². The molecule has 0 aromatic carbocycles. The van der Waals surface area contributed by atoms with Crippen LogP contribution in [0.2, 0.25) is 0 Å². The average molecular weight is 220 g/mol. The summed E-state index contributed by atoms with van der Waals surface area (Å²) in [5, 5.41) is 0. The van der Waals surface area contributed by atoms with Crippen LogP contribution in [0, 0.1) is 0 Å². The molecule has 1 aromatic rings. The summed E-state index contributed by atoms with van der Waals surface area (Å²) in [7, 11) is 1.64. The maximum atomic E-state index is 5.83. The van der Waals surface area contributed by atoms with Crippen molar-refractivity contribution in [3.63, 3.8) is 0 Å². The zero-order valence-corrected chi connectivity index (χ0v) is 9.39. The lowest BCUT2D eigenvalue weighted by atomic mass is 10.2.